The summed E-state index contributed by atoms with van der Waals surface area (Å²) in [7, 11) is 0. The highest BCUT2D eigenvalue weighted by Gasteiger charge is 2.08. The lowest BCUT2D eigenvalue weighted by Gasteiger charge is -2.14. The monoisotopic (exact) mass is 498 g/mol. The number of aliphatic hydroxyl groups is 3. The van der Waals surface area contributed by atoms with Gasteiger partial charge in [-0.2, -0.15) is 0 Å². The van der Waals surface area contributed by atoms with Crippen molar-refractivity contribution >= 4 is 0 Å². The summed E-state index contributed by atoms with van der Waals surface area (Å²) in [5, 5.41) is 28.8. The van der Waals surface area contributed by atoms with Crippen molar-refractivity contribution in [3.8, 4) is 22.6 Å². The van der Waals surface area contributed by atoms with Crippen molar-refractivity contribution in [2.45, 2.75) is 32.0 Å². The molecule has 0 amide bonds. The lowest BCUT2D eigenvalue weighted by Crippen LogP contribution is -2.25. The van der Waals surface area contributed by atoms with Crippen LogP contribution in [0.15, 0.2) is 97.1 Å². The first-order valence-electron chi connectivity index (χ1n) is 12.5. The van der Waals surface area contributed by atoms with Gasteiger partial charge in [0.1, 0.15) is 30.8 Å². The first-order chi connectivity index (χ1) is 18.0. The maximum atomic E-state index is 10.3. The summed E-state index contributed by atoms with van der Waals surface area (Å²) < 4.78 is 11.5. The summed E-state index contributed by atoms with van der Waals surface area (Å²) in [6.45, 7) is 2.13. The Labute approximate surface area is 218 Å². The van der Waals surface area contributed by atoms with Gasteiger partial charge in [0.15, 0.2) is 0 Å². The van der Waals surface area contributed by atoms with Crippen LogP contribution in [0.2, 0.25) is 0 Å². The molecule has 0 fully saturated rings. The van der Waals surface area contributed by atoms with E-state index in [0.717, 1.165) is 34.2 Å². The van der Waals surface area contributed by atoms with Gasteiger partial charge >= 0.3 is 0 Å². The van der Waals surface area contributed by atoms with E-state index in [-0.39, 0.29) is 19.8 Å². The van der Waals surface area contributed by atoms with Crippen molar-refractivity contribution in [1.29, 1.82) is 0 Å². The Hall–Kier alpha value is -3.64. The van der Waals surface area contributed by atoms with E-state index >= 15 is 0 Å². The van der Waals surface area contributed by atoms with Crippen LogP contribution < -0.4 is 9.47 Å². The molecule has 192 valence electrons. The molecule has 0 aromatic heterocycles. The highest BCUT2D eigenvalue weighted by Crippen LogP contribution is 2.23. The SMILES string of the molecule is Cc1ccc(-c2ccc(OCC(O)COc3ccc(Cc4ccc(CC(O)CO)cc4)cc3)cc2)cc1. The van der Waals surface area contributed by atoms with Crippen LogP contribution >= 0.6 is 0 Å². The van der Waals surface area contributed by atoms with Crippen molar-refractivity contribution in [2.24, 2.45) is 0 Å². The van der Waals surface area contributed by atoms with E-state index in [1.807, 2.05) is 72.8 Å². The Kier molecular flexibility index (Phi) is 9.33. The maximum Gasteiger partial charge on any atom is 0.122 e. The third-order valence-corrected chi connectivity index (χ3v) is 6.16. The topological polar surface area (TPSA) is 79.2 Å². The highest BCUT2D eigenvalue weighted by atomic mass is 16.5. The molecule has 0 saturated heterocycles. The molecule has 2 atom stereocenters. The molecule has 4 rings (SSSR count). The van der Waals surface area contributed by atoms with Gasteiger partial charge in [0.25, 0.3) is 0 Å². The summed E-state index contributed by atoms with van der Waals surface area (Å²) in [4.78, 5) is 0. The number of benzene rings is 4. The number of ether oxygens (including phenoxy) is 2. The fraction of sp³-hybridized carbons (Fsp3) is 0.250. The van der Waals surface area contributed by atoms with Gasteiger partial charge in [-0.3, -0.25) is 0 Å². The van der Waals surface area contributed by atoms with E-state index in [1.54, 1.807) is 0 Å². The van der Waals surface area contributed by atoms with Crippen molar-refractivity contribution < 1.29 is 24.8 Å². The molecule has 0 aliphatic rings. The summed E-state index contributed by atoms with van der Waals surface area (Å²) in [6, 6.07) is 32.1. The van der Waals surface area contributed by atoms with E-state index in [1.165, 1.54) is 5.56 Å². The van der Waals surface area contributed by atoms with Gasteiger partial charge in [-0.15, -0.1) is 0 Å². The van der Waals surface area contributed by atoms with Gasteiger partial charge in [0, 0.05) is 6.42 Å². The quantitative estimate of drug-likeness (QED) is 0.257. The molecule has 0 radical (unpaired) electrons. The molecule has 2 unspecified atom stereocenters. The minimum absolute atomic E-state index is 0.141. The second kappa shape index (κ2) is 13.1. The fourth-order valence-electron chi connectivity index (χ4n) is 3.99. The molecule has 37 heavy (non-hydrogen) atoms. The molecule has 0 bridgehead atoms. The molecule has 0 aliphatic carbocycles. The van der Waals surface area contributed by atoms with Gasteiger partial charge in [-0.25, -0.2) is 0 Å². The van der Waals surface area contributed by atoms with Gasteiger partial charge in [-0.05, 0) is 65.4 Å². The fourth-order valence-corrected chi connectivity index (χ4v) is 3.99. The maximum absolute atomic E-state index is 10.3. The summed E-state index contributed by atoms with van der Waals surface area (Å²) >= 11 is 0. The Morgan fingerprint density at radius 1 is 0.568 bits per heavy atom. The average Bonchev–Trinajstić information content (AvgIpc) is 2.93. The number of aryl methyl sites for hydroxylation is 1. The van der Waals surface area contributed by atoms with Gasteiger partial charge in [0.2, 0.25) is 0 Å². The molecule has 4 aromatic carbocycles. The largest absolute Gasteiger partial charge is 0.491 e. The molecular formula is C32H34O5. The van der Waals surface area contributed by atoms with Crippen LogP contribution in [-0.4, -0.2) is 47.3 Å². The molecule has 5 heteroatoms. The van der Waals surface area contributed by atoms with Crippen molar-refractivity contribution in [2.75, 3.05) is 19.8 Å². The Balaban J connectivity index is 1.19. The summed E-state index contributed by atoms with van der Waals surface area (Å²) in [5.74, 6) is 1.40. The van der Waals surface area contributed by atoms with Crippen molar-refractivity contribution in [3.63, 3.8) is 0 Å². The van der Waals surface area contributed by atoms with Crippen LogP contribution in [0.1, 0.15) is 22.3 Å². The highest BCUT2D eigenvalue weighted by molar-refractivity contribution is 5.64. The van der Waals surface area contributed by atoms with Crippen LogP contribution in [0.4, 0.5) is 0 Å². The summed E-state index contributed by atoms with van der Waals surface area (Å²) in [5.41, 5.74) is 6.81. The molecule has 0 saturated carbocycles. The van der Waals surface area contributed by atoms with E-state index in [2.05, 4.69) is 31.2 Å². The third kappa shape index (κ3) is 8.19. The normalized spacial score (nSPS) is 12.6. The molecule has 0 aliphatic heterocycles. The van der Waals surface area contributed by atoms with E-state index in [4.69, 9.17) is 14.6 Å². The molecule has 0 heterocycles. The van der Waals surface area contributed by atoms with Crippen LogP contribution in [-0.2, 0) is 12.8 Å². The third-order valence-electron chi connectivity index (χ3n) is 6.16. The van der Waals surface area contributed by atoms with Gasteiger partial charge in [0.05, 0.1) is 12.7 Å². The standard InChI is InChI=1S/C32H34O5/c1-23-2-10-27(11-3-23)28-12-16-32(17-13-28)37-22-30(35)21-36-31-14-8-25(9-15-31)18-24-4-6-26(7-5-24)19-29(34)20-33/h2-17,29-30,33-35H,18-22H2,1H3. The zero-order valence-electron chi connectivity index (χ0n) is 21.1. The minimum Gasteiger partial charge on any atom is -0.491 e. The van der Waals surface area contributed by atoms with Crippen LogP contribution in [0.3, 0.4) is 0 Å². The Morgan fingerprint density at radius 2 is 1.00 bits per heavy atom. The summed E-state index contributed by atoms with van der Waals surface area (Å²) in [6.07, 6.45) is -0.249. The number of rotatable bonds is 12. The van der Waals surface area contributed by atoms with E-state index < -0.39 is 12.2 Å². The second-order valence-electron chi connectivity index (χ2n) is 9.34. The molecular weight excluding hydrogens is 464 g/mol. The minimum atomic E-state index is -0.751. The van der Waals surface area contributed by atoms with Crippen LogP contribution in [0.5, 0.6) is 11.5 Å². The molecule has 4 aromatic rings. The van der Waals surface area contributed by atoms with Crippen LogP contribution in [0, 0.1) is 6.92 Å². The average molecular weight is 499 g/mol. The van der Waals surface area contributed by atoms with Crippen LogP contribution in [0.25, 0.3) is 11.1 Å². The number of aliphatic hydroxyl groups excluding tert-OH is 3. The molecule has 5 nitrogen and oxygen atoms in total. The predicted octanol–water partition coefficient (Wildman–Crippen LogP) is 4.97. The van der Waals surface area contributed by atoms with E-state index in [9.17, 15) is 10.2 Å². The van der Waals surface area contributed by atoms with Gasteiger partial charge in [-0.1, -0.05) is 78.4 Å². The second-order valence-corrected chi connectivity index (χ2v) is 9.34. The Morgan fingerprint density at radius 3 is 1.51 bits per heavy atom. The molecule has 0 spiro atoms. The molecule has 3 N–H and O–H groups in total. The predicted molar refractivity (Wildman–Crippen MR) is 146 cm³/mol. The lowest BCUT2D eigenvalue weighted by molar-refractivity contribution is 0.0626. The van der Waals surface area contributed by atoms with Crippen molar-refractivity contribution in [1.82, 2.24) is 0 Å². The zero-order chi connectivity index (χ0) is 26.0. The first kappa shape index (κ1) is 26.4. The van der Waals surface area contributed by atoms with E-state index in [0.29, 0.717) is 17.9 Å². The Bertz CT molecular complexity index is 1220. The smallest absolute Gasteiger partial charge is 0.122 e. The first-order valence-corrected chi connectivity index (χ1v) is 12.5. The zero-order valence-corrected chi connectivity index (χ0v) is 21.1. The number of hydrogen-bond acceptors (Lipinski definition) is 5. The lowest BCUT2D eigenvalue weighted by atomic mass is 10.0. The number of hydrogen-bond donors (Lipinski definition) is 3. The van der Waals surface area contributed by atoms with Gasteiger partial charge < -0.3 is 24.8 Å². The van der Waals surface area contributed by atoms with Crippen molar-refractivity contribution in [3.05, 3.63) is 119 Å².